The smallest absolute Gasteiger partial charge is 0.236 e. The molecule has 134 valence electrons. The number of carbonyl (C=O) groups is 1. The fourth-order valence-electron chi connectivity index (χ4n) is 2.33. The van der Waals surface area contributed by atoms with Crippen molar-refractivity contribution in [3.8, 4) is 22.9 Å². The summed E-state index contributed by atoms with van der Waals surface area (Å²) in [4.78, 5) is 16.3. The summed E-state index contributed by atoms with van der Waals surface area (Å²) in [6.45, 7) is 0.419. The minimum Gasteiger partial charge on any atom is -0.497 e. The fourth-order valence-corrected chi connectivity index (χ4v) is 2.33. The zero-order valence-electron chi connectivity index (χ0n) is 14.6. The molecule has 0 fully saturated rings. The van der Waals surface area contributed by atoms with Gasteiger partial charge in [-0.3, -0.25) is 4.79 Å². The molecule has 3 rings (SSSR count). The van der Waals surface area contributed by atoms with E-state index < -0.39 is 0 Å². The van der Waals surface area contributed by atoms with E-state index >= 15 is 0 Å². The van der Waals surface area contributed by atoms with Crippen LogP contribution in [0.3, 0.4) is 0 Å². The largest absolute Gasteiger partial charge is 0.497 e. The van der Waals surface area contributed by atoms with Gasteiger partial charge >= 0.3 is 0 Å². The van der Waals surface area contributed by atoms with Crippen molar-refractivity contribution in [3.05, 3.63) is 60.0 Å². The van der Waals surface area contributed by atoms with E-state index in [1.807, 2.05) is 48.5 Å². The van der Waals surface area contributed by atoms with Crippen LogP contribution in [-0.4, -0.2) is 30.3 Å². The lowest BCUT2D eigenvalue weighted by Crippen LogP contribution is -2.24. The molecule has 0 aliphatic rings. The van der Waals surface area contributed by atoms with E-state index in [1.165, 1.54) is 0 Å². The topological polar surface area (TPSA) is 86.5 Å². The first kappa shape index (κ1) is 17.5. The van der Waals surface area contributed by atoms with E-state index in [4.69, 9.17) is 14.0 Å². The highest BCUT2D eigenvalue weighted by Gasteiger charge is 2.12. The van der Waals surface area contributed by atoms with Gasteiger partial charge in [0.05, 0.1) is 14.2 Å². The average molecular weight is 353 g/mol. The van der Waals surface area contributed by atoms with Crippen LogP contribution in [0.2, 0.25) is 0 Å². The van der Waals surface area contributed by atoms with Crippen LogP contribution in [-0.2, 0) is 17.8 Å². The molecule has 0 saturated carbocycles. The first-order valence-corrected chi connectivity index (χ1v) is 8.04. The molecule has 0 bridgehead atoms. The van der Waals surface area contributed by atoms with Crippen molar-refractivity contribution in [1.82, 2.24) is 15.5 Å². The standard InChI is InChI=1S/C19H19N3O4/c1-24-15-7-3-13(4-8-15)12-20-17(23)11-18-21-19(22-26-18)14-5-9-16(25-2)10-6-14/h3-10H,11-12H2,1-2H3,(H,20,23). The molecule has 26 heavy (non-hydrogen) atoms. The van der Waals surface area contributed by atoms with Crippen LogP contribution < -0.4 is 14.8 Å². The molecule has 2 aromatic carbocycles. The van der Waals surface area contributed by atoms with Crippen molar-refractivity contribution in [2.75, 3.05) is 14.2 Å². The van der Waals surface area contributed by atoms with Crippen LogP contribution in [0.25, 0.3) is 11.4 Å². The first-order chi connectivity index (χ1) is 12.7. The molecule has 1 amide bonds. The van der Waals surface area contributed by atoms with Gasteiger partial charge in [-0.25, -0.2) is 0 Å². The zero-order chi connectivity index (χ0) is 18.4. The van der Waals surface area contributed by atoms with Crippen LogP contribution in [0, 0.1) is 0 Å². The Labute approximate surface area is 150 Å². The summed E-state index contributed by atoms with van der Waals surface area (Å²) >= 11 is 0. The van der Waals surface area contributed by atoms with Gasteiger partial charge in [-0.2, -0.15) is 4.98 Å². The number of ether oxygens (including phenoxy) is 2. The number of nitrogens with zero attached hydrogens (tertiary/aromatic N) is 2. The van der Waals surface area contributed by atoms with Gasteiger partial charge in [0.25, 0.3) is 0 Å². The fraction of sp³-hybridized carbons (Fsp3) is 0.211. The van der Waals surface area contributed by atoms with Gasteiger partial charge in [0, 0.05) is 12.1 Å². The van der Waals surface area contributed by atoms with Gasteiger partial charge in [-0.15, -0.1) is 0 Å². The monoisotopic (exact) mass is 353 g/mol. The quantitative estimate of drug-likeness (QED) is 0.703. The van der Waals surface area contributed by atoms with Crippen molar-refractivity contribution in [1.29, 1.82) is 0 Å². The van der Waals surface area contributed by atoms with Crippen molar-refractivity contribution < 1.29 is 18.8 Å². The number of amides is 1. The van der Waals surface area contributed by atoms with E-state index in [0.29, 0.717) is 12.4 Å². The van der Waals surface area contributed by atoms with Crippen LogP contribution in [0.1, 0.15) is 11.5 Å². The lowest BCUT2D eigenvalue weighted by molar-refractivity contribution is -0.120. The van der Waals surface area contributed by atoms with Crippen molar-refractivity contribution in [2.45, 2.75) is 13.0 Å². The van der Waals surface area contributed by atoms with E-state index in [9.17, 15) is 4.79 Å². The summed E-state index contributed by atoms with van der Waals surface area (Å²) in [6.07, 6.45) is 0.0271. The maximum Gasteiger partial charge on any atom is 0.236 e. The Morgan fingerprint density at radius 1 is 1.00 bits per heavy atom. The van der Waals surface area contributed by atoms with Crippen molar-refractivity contribution in [3.63, 3.8) is 0 Å². The van der Waals surface area contributed by atoms with Crippen LogP contribution in [0.15, 0.2) is 53.1 Å². The van der Waals surface area contributed by atoms with Crippen LogP contribution >= 0.6 is 0 Å². The Balaban J connectivity index is 1.55. The number of aromatic nitrogens is 2. The predicted molar refractivity (Wildman–Crippen MR) is 94.8 cm³/mol. The van der Waals surface area contributed by atoms with Gasteiger partial charge in [0.2, 0.25) is 17.6 Å². The lowest BCUT2D eigenvalue weighted by atomic mass is 10.2. The Bertz CT molecular complexity index is 857. The molecule has 0 aliphatic carbocycles. The molecule has 7 heteroatoms. The third-order valence-corrected chi connectivity index (χ3v) is 3.78. The number of rotatable bonds is 7. The molecule has 0 radical (unpaired) electrons. The molecule has 0 aliphatic heterocycles. The van der Waals surface area contributed by atoms with Gasteiger partial charge in [0.15, 0.2) is 0 Å². The summed E-state index contributed by atoms with van der Waals surface area (Å²) in [5, 5.41) is 6.74. The van der Waals surface area contributed by atoms with Gasteiger partial charge < -0.3 is 19.3 Å². The molecule has 3 aromatic rings. The molecular formula is C19H19N3O4. The summed E-state index contributed by atoms with van der Waals surface area (Å²) in [6, 6.07) is 14.8. The number of methoxy groups -OCH3 is 2. The number of hydrogen-bond acceptors (Lipinski definition) is 6. The Hall–Kier alpha value is -3.35. The van der Waals surface area contributed by atoms with Crippen LogP contribution in [0.4, 0.5) is 0 Å². The van der Waals surface area contributed by atoms with Gasteiger partial charge in [-0.1, -0.05) is 17.3 Å². The number of benzene rings is 2. The zero-order valence-corrected chi connectivity index (χ0v) is 14.6. The Morgan fingerprint density at radius 3 is 2.23 bits per heavy atom. The Kier molecular flexibility index (Phi) is 5.48. The summed E-state index contributed by atoms with van der Waals surface area (Å²) in [5.41, 5.74) is 1.77. The predicted octanol–water partition coefficient (Wildman–Crippen LogP) is 2.61. The SMILES string of the molecule is COc1ccc(CNC(=O)Cc2nc(-c3ccc(OC)cc3)no2)cc1. The molecule has 0 unspecified atom stereocenters. The second kappa shape index (κ2) is 8.15. The molecule has 0 spiro atoms. The van der Waals surface area contributed by atoms with E-state index in [0.717, 1.165) is 22.6 Å². The molecule has 0 atom stereocenters. The second-order valence-corrected chi connectivity index (χ2v) is 5.54. The molecular weight excluding hydrogens is 334 g/mol. The third kappa shape index (κ3) is 4.38. The normalized spacial score (nSPS) is 10.4. The van der Waals surface area contributed by atoms with Crippen molar-refractivity contribution in [2.24, 2.45) is 0 Å². The minimum absolute atomic E-state index is 0.0271. The first-order valence-electron chi connectivity index (χ1n) is 8.04. The highest BCUT2D eigenvalue weighted by atomic mass is 16.5. The third-order valence-electron chi connectivity index (χ3n) is 3.78. The molecule has 7 nitrogen and oxygen atoms in total. The maximum absolute atomic E-state index is 12.1. The molecule has 1 N–H and O–H groups in total. The lowest BCUT2D eigenvalue weighted by Gasteiger charge is -2.05. The van der Waals surface area contributed by atoms with Gasteiger partial charge in [0.1, 0.15) is 17.9 Å². The second-order valence-electron chi connectivity index (χ2n) is 5.54. The average Bonchev–Trinajstić information content (AvgIpc) is 3.15. The van der Waals surface area contributed by atoms with Gasteiger partial charge in [-0.05, 0) is 42.0 Å². The molecule has 1 aromatic heterocycles. The highest BCUT2D eigenvalue weighted by Crippen LogP contribution is 2.19. The molecule has 0 saturated heterocycles. The van der Waals surface area contributed by atoms with Crippen molar-refractivity contribution >= 4 is 5.91 Å². The summed E-state index contributed by atoms with van der Waals surface area (Å²) in [5.74, 6) is 2.03. The molecule has 1 heterocycles. The van der Waals surface area contributed by atoms with E-state index in [1.54, 1.807) is 14.2 Å². The number of hydrogen-bond donors (Lipinski definition) is 1. The van der Waals surface area contributed by atoms with Crippen LogP contribution in [0.5, 0.6) is 11.5 Å². The van der Waals surface area contributed by atoms with E-state index in [2.05, 4.69) is 15.5 Å². The maximum atomic E-state index is 12.1. The number of carbonyl (C=O) groups excluding carboxylic acids is 1. The summed E-state index contributed by atoms with van der Waals surface area (Å²) in [7, 11) is 3.22. The minimum atomic E-state index is -0.189. The Morgan fingerprint density at radius 2 is 1.62 bits per heavy atom. The summed E-state index contributed by atoms with van der Waals surface area (Å²) < 4.78 is 15.4. The number of nitrogens with one attached hydrogen (secondary N) is 1. The van der Waals surface area contributed by atoms with E-state index in [-0.39, 0.29) is 18.2 Å². The highest BCUT2D eigenvalue weighted by molar-refractivity contribution is 5.77.